The molecule has 1 aliphatic rings. The average molecular weight is 419 g/mol. The molecule has 3 aromatic rings. The number of hydrogen-bond acceptors (Lipinski definition) is 8. The van der Waals surface area contributed by atoms with Crippen LogP contribution in [0.1, 0.15) is 36.9 Å². The van der Waals surface area contributed by atoms with Gasteiger partial charge in [0.15, 0.2) is 0 Å². The van der Waals surface area contributed by atoms with Crippen molar-refractivity contribution in [2.45, 2.75) is 31.2 Å². The van der Waals surface area contributed by atoms with E-state index in [1.807, 2.05) is 45.7 Å². The molecule has 1 fully saturated rings. The van der Waals surface area contributed by atoms with Crippen LogP contribution in [0, 0.1) is 0 Å². The lowest BCUT2D eigenvalue weighted by atomic mass is 9.89. The smallest absolute Gasteiger partial charge is 0.135 e. The van der Waals surface area contributed by atoms with Crippen molar-refractivity contribution in [3.63, 3.8) is 0 Å². The van der Waals surface area contributed by atoms with Gasteiger partial charge in [0.05, 0.1) is 11.4 Å². The van der Waals surface area contributed by atoms with Crippen molar-refractivity contribution in [2.75, 3.05) is 31.8 Å². The van der Waals surface area contributed by atoms with E-state index in [4.69, 9.17) is 5.73 Å². The van der Waals surface area contributed by atoms with Gasteiger partial charge in [-0.25, -0.2) is 15.0 Å². The van der Waals surface area contributed by atoms with Gasteiger partial charge in [0.2, 0.25) is 0 Å². The Hall–Kier alpha value is -3.39. The highest BCUT2D eigenvalue weighted by Gasteiger charge is 2.34. The van der Waals surface area contributed by atoms with Gasteiger partial charge in [-0.1, -0.05) is 12.8 Å². The summed E-state index contributed by atoms with van der Waals surface area (Å²) >= 11 is 0. The van der Waals surface area contributed by atoms with Gasteiger partial charge in [0.25, 0.3) is 0 Å². The van der Waals surface area contributed by atoms with Gasteiger partial charge in [0, 0.05) is 43.6 Å². The number of anilines is 3. The molecule has 8 heteroatoms. The Kier molecular flexibility index (Phi) is 5.90. The van der Waals surface area contributed by atoms with E-state index in [-0.39, 0.29) is 5.54 Å². The SMILES string of the molecule is CN/C(=C\N)c1cc2cc(Nc3cc(C4(NC)CCCC4)ccn3)ncc2c(NC)n1. The Morgan fingerprint density at radius 2 is 1.84 bits per heavy atom. The van der Waals surface area contributed by atoms with E-state index in [0.717, 1.165) is 52.5 Å². The molecule has 6 N–H and O–H groups in total. The summed E-state index contributed by atoms with van der Waals surface area (Å²) in [5.74, 6) is 2.26. The van der Waals surface area contributed by atoms with Crippen molar-refractivity contribution in [3.8, 4) is 0 Å². The van der Waals surface area contributed by atoms with Crippen LogP contribution >= 0.6 is 0 Å². The molecule has 1 aliphatic carbocycles. The molecule has 0 saturated heterocycles. The molecule has 0 amide bonds. The first-order valence-corrected chi connectivity index (χ1v) is 10.6. The third kappa shape index (κ3) is 3.98. The molecule has 0 aromatic carbocycles. The van der Waals surface area contributed by atoms with Crippen LogP contribution in [0.5, 0.6) is 0 Å². The Balaban J connectivity index is 1.68. The number of fused-ring (bicyclic) bond motifs is 1. The minimum absolute atomic E-state index is 0.0383. The van der Waals surface area contributed by atoms with E-state index in [1.165, 1.54) is 24.6 Å². The van der Waals surface area contributed by atoms with Crippen molar-refractivity contribution >= 4 is 33.9 Å². The predicted octanol–water partition coefficient (Wildman–Crippen LogP) is 3.28. The second-order valence-electron chi connectivity index (χ2n) is 7.82. The molecule has 4 rings (SSSR count). The Morgan fingerprint density at radius 3 is 2.52 bits per heavy atom. The molecule has 8 nitrogen and oxygen atoms in total. The first kappa shape index (κ1) is 20.9. The van der Waals surface area contributed by atoms with Gasteiger partial charge in [0.1, 0.15) is 17.5 Å². The summed E-state index contributed by atoms with van der Waals surface area (Å²) in [6.07, 6.45) is 9.98. The predicted molar refractivity (Wildman–Crippen MR) is 127 cm³/mol. The topological polar surface area (TPSA) is 113 Å². The number of nitrogens with one attached hydrogen (secondary N) is 4. The maximum Gasteiger partial charge on any atom is 0.135 e. The zero-order valence-corrected chi connectivity index (χ0v) is 18.3. The average Bonchev–Trinajstić information content (AvgIpc) is 3.30. The van der Waals surface area contributed by atoms with E-state index >= 15 is 0 Å². The Morgan fingerprint density at radius 1 is 1.06 bits per heavy atom. The van der Waals surface area contributed by atoms with Crippen LogP contribution in [0.2, 0.25) is 0 Å². The van der Waals surface area contributed by atoms with E-state index in [1.54, 1.807) is 0 Å². The summed E-state index contributed by atoms with van der Waals surface area (Å²) in [5, 5.41) is 15.1. The fraction of sp³-hybridized carbons (Fsp3) is 0.348. The molecule has 0 aliphatic heterocycles. The number of hydrogen-bond donors (Lipinski definition) is 5. The largest absolute Gasteiger partial charge is 0.403 e. The summed E-state index contributed by atoms with van der Waals surface area (Å²) in [7, 11) is 5.72. The van der Waals surface area contributed by atoms with E-state index in [9.17, 15) is 0 Å². The standard InChI is InChI=1S/C23H30N8/c1-25-19(13-24)18-10-15-11-20(29-14-17(15)22(26-2)30-18)31-21-12-16(6-9-28-21)23(27-3)7-4-5-8-23/h6,9-14,25,27H,4-5,7-8,24H2,1-3H3,(H,26,30)(H,28,29,31)/b19-13-. The maximum atomic E-state index is 5.75. The van der Waals surface area contributed by atoms with Crippen molar-refractivity contribution in [3.05, 3.63) is 54.1 Å². The van der Waals surface area contributed by atoms with Crippen LogP contribution in [0.25, 0.3) is 16.5 Å². The Bertz CT molecular complexity index is 1100. The van der Waals surface area contributed by atoms with Crippen LogP contribution in [-0.2, 0) is 5.54 Å². The normalized spacial score (nSPS) is 15.8. The van der Waals surface area contributed by atoms with Gasteiger partial charge in [-0.3, -0.25) is 0 Å². The number of aromatic nitrogens is 3. The monoisotopic (exact) mass is 418 g/mol. The molecular formula is C23H30N8. The molecule has 0 spiro atoms. The Labute approximate surface area is 182 Å². The van der Waals surface area contributed by atoms with Gasteiger partial charge < -0.3 is 27.0 Å². The van der Waals surface area contributed by atoms with Gasteiger partial charge in [-0.05, 0) is 55.1 Å². The second kappa shape index (κ2) is 8.77. The zero-order chi connectivity index (χ0) is 21.8. The molecule has 162 valence electrons. The summed E-state index contributed by atoms with van der Waals surface area (Å²) in [5.41, 5.74) is 8.57. The lowest BCUT2D eigenvalue weighted by Crippen LogP contribution is -2.37. The fourth-order valence-corrected chi connectivity index (χ4v) is 4.43. The first-order valence-electron chi connectivity index (χ1n) is 10.6. The summed E-state index contributed by atoms with van der Waals surface area (Å²) in [6, 6.07) is 8.23. The quantitative estimate of drug-likeness (QED) is 0.397. The summed E-state index contributed by atoms with van der Waals surface area (Å²) in [6.45, 7) is 0. The van der Waals surface area contributed by atoms with Crippen LogP contribution in [0.3, 0.4) is 0 Å². The molecule has 3 heterocycles. The number of nitrogens with zero attached hydrogens (tertiary/aromatic N) is 3. The number of pyridine rings is 3. The minimum Gasteiger partial charge on any atom is -0.403 e. The zero-order valence-electron chi connectivity index (χ0n) is 18.3. The fourth-order valence-electron chi connectivity index (χ4n) is 4.43. The molecule has 0 unspecified atom stereocenters. The minimum atomic E-state index is 0.0383. The molecular weight excluding hydrogens is 388 g/mol. The second-order valence-corrected chi connectivity index (χ2v) is 7.82. The maximum absolute atomic E-state index is 5.75. The highest BCUT2D eigenvalue weighted by molar-refractivity contribution is 5.94. The molecule has 0 bridgehead atoms. The molecule has 1 saturated carbocycles. The number of nitrogens with two attached hydrogens (primary N) is 1. The van der Waals surface area contributed by atoms with Crippen LogP contribution in [0.15, 0.2) is 42.9 Å². The number of rotatable bonds is 7. The highest BCUT2D eigenvalue weighted by Crippen LogP contribution is 2.39. The van der Waals surface area contributed by atoms with Crippen LogP contribution in [0.4, 0.5) is 17.5 Å². The van der Waals surface area contributed by atoms with Gasteiger partial charge >= 0.3 is 0 Å². The van der Waals surface area contributed by atoms with E-state index in [2.05, 4.69) is 48.4 Å². The van der Waals surface area contributed by atoms with Crippen molar-refractivity contribution < 1.29 is 0 Å². The summed E-state index contributed by atoms with van der Waals surface area (Å²) in [4.78, 5) is 13.8. The van der Waals surface area contributed by atoms with Crippen molar-refractivity contribution in [1.82, 2.24) is 25.6 Å². The van der Waals surface area contributed by atoms with Gasteiger partial charge in [-0.2, -0.15) is 0 Å². The molecule has 3 aromatic heterocycles. The lowest BCUT2D eigenvalue weighted by Gasteiger charge is -2.29. The lowest BCUT2D eigenvalue weighted by molar-refractivity contribution is 0.372. The third-order valence-corrected chi connectivity index (χ3v) is 6.17. The van der Waals surface area contributed by atoms with Crippen LogP contribution in [-0.4, -0.2) is 36.1 Å². The van der Waals surface area contributed by atoms with Crippen LogP contribution < -0.4 is 27.0 Å². The van der Waals surface area contributed by atoms with Crippen molar-refractivity contribution in [1.29, 1.82) is 0 Å². The summed E-state index contributed by atoms with van der Waals surface area (Å²) < 4.78 is 0. The highest BCUT2D eigenvalue weighted by atomic mass is 15.1. The molecule has 31 heavy (non-hydrogen) atoms. The molecule has 0 atom stereocenters. The third-order valence-electron chi connectivity index (χ3n) is 6.17. The van der Waals surface area contributed by atoms with Gasteiger partial charge in [-0.15, -0.1) is 0 Å². The van der Waals surface area contributed by atoms with Crippen molar-refractivity contribution in [2.24, 2.45) is 5.73 Å². The van der Waals surface area contributed by atoms with E-state index in [0.29, 0.717) is 0 Å². The van der Waals surface area contributed by atoms with E-state index < -0.39 is 0 Å². The molecule has 0 radical (unpaired) electrons. The first-order chi connectivity index (χ1) is 15.1.